The molecule has 2 aliphatic rings. The van der Waals surface area contributed by atoms with E-state index in [1.165, 1.54) is 0 Å². The first-order chi connectivity index (χ1) is 13.1. The van der Waals surface area contributed by atoms with E-state index in [1.807, 2.05) is 28.9 Å². The summed E-state index contributed by atoms with van der Waals surface area (Å²) in [5.41, 5.74) is 4.25. The summed E-state index contributed by atoms with van der Waals surface area (Å²) in [6.45, 7) is 5.88. The minimum absolute atomic E-state index is 0.0216. The molecular formula is C21H25N5O. The van der Waals surface area contributed by atoms with Crippen molar-refractivity contribution in [3.05, 3.63) is 41.1 Å². The number of nitriles is 1. The van der Waals surface area contributed by atoms with Gasteiger partial charge in [-0.1, -0.05) is 12.1 Å². The molecule has 1 atom stereocenters. The number of nitrogens with one attached hydrogen (secondary N) is 2. The van der Waals surface area contributed by atoms with E-state index >= 15 is 0 Å². The summed E-state index contributed by atoms with van der Waals surface area (Å²) in [4.78, 5) is 13.2. The van der Waals surface area contributed by atoms with Crippen LogP contribution in [0.5, 0.6) is 0 Å². The molecule has 4 rings (SSSR count). The largest absolute Gasteiger partial charge is 0.347 e. The Kier molecular flexibility index (Phi) is 4.71. The van der Waals surface area contributed by atoms with E-state index in [2.05, 4.69) is 30.6 Å². The molecule has 0 unspecified atom stereocenters. The molecule has 27 heavy (non-hydrogen) atoms. The minimum Gasteiger partial charge on any atom is -0.347 e. The van der Waals surface area contributed by atoms with Crippen LogP contribution in [0, 0.1) is 11.3 Å². The van der Waals surface area contributed by atoms with Crippen molar-refractivity contribution in [3.8, 4) is 17.3 Å². The van der Waals surface area contributed by atoms with Gasteiger partial charge in [-0.3, -0.25) is 9.48 Å². The Morgan fingerprint density at radius 1 is 1.30 bits per heavy atom. The summed E-state index contributed by atoms with van der Waals surface area (Å²) in [5, 5.41) is 20.4. The number of aromatic nitrogens is 2. The monoisotopic (exact) mass is 363 g/mol. The lowest BCUT2D eigenvalue weighted by Gasteiger charge is -2.15. The van der Waals surface area contributed by atoms with E-state index in [1.54, 1.807) is 0 Å². The van der Waals surface area contributed by atoms with Crippen LogP contribution in [-0.4, -0.2) is 34.8 Å². The van der Waals surface area contributed by atoms with Crippen LogP contribution in [0.4, 0.5) is 0 Å². The van der Waals surface area contributed by atoms with Gasteiger partial charge in [0.05, 0.1) is 17.3 Å². The number of benzene rings is 1. The molecule has 1 aliphatic carbocycles. The number of hydrogen-bond donors (Lipinski definition) is 2. The van der Waals surface area contributed by atoms with Crippen molar-refractivity contribution in [2.75, 3.05) is 13.1 Å². The third-order valence-electron chi connectivity index (χ3n) is 5.32. The van der Waals surface area contributed by atoms with Crippen LogP contribution in [0.25, 0.3) is 11.3 Å². The van der Waals surface area contributed by atoms with E-state index in [9.17, 15) is 4.79 Å². The molecule has 0 spiro atoms. The first-order valence-electron chi connectivity index (χ1n) is 9.73. The molecule has 1 saturated carbocycles. The number of hydrogen-bond acceptors (Lipinski definition) is 4. The van der Waals surface area contributed by atoms with E-state index < -0.39 is 0 Å². The Balaban J connectivity index is 1.77. The molecule has 2 fully saturated rings. The van der Waals surface area contributed by atoms with E-state index in [0.717, 1.165) is 49.2 Å². The zero-order valence-electron chi connectivity index (χ0n) is 15.8. The number of carbonyl (C=O) groups is 1. The average molecular weight is 363 g/mol. The van der Waals surface area contributed by atoms with E-state index in [-0.39, 0.29) is 18.0 Å². The van der Waals surface area contributed by atoms with Gasteiger partial charge in [0.25, 0.3) is 5.91 Å². The van der Waals surface area contributed by atoms with Crippen molar-refractivity contribution in [1.29, 1.82) is 5.26 Å². The van der Waals surface area contributed by atoms with Gasteiger partial charge in [-0.15, -0.1) is 0 Å². The zero-order valence-corrected chi connectivity index (χ0v) is 15.8. The maximum Gasteiger partial charge on any atom is 0.270 e. The van der Waals surface area contributed by atoms with Crippen LogP contribution in [0.15, 0.2) is 24.3 Å². The summed E-state index contributed by atoms with van der Waals surface area (Å²) < 4.78 is 1.87. The second-order valence-electron chi connectivity index (χ2n) is 7.78. The van der Waals surface area contributed by atoms with Crippen LogP contribution >= 0.6 is 0 Å². The molecule has 140 valence electrons. The average Bonchev–Trinajstić information content (AvgIpc) is 3.22. The number of rotatable bonds is 5. The van der Waals surface area contributed by atoms with Crippen molar-refractivity contribution in [1.82, 2.24) is 20.4 Å². The highest BCUT2D eigenvalue weighted by atomic mass is 16.2. The van der Waals surface area contributed by atoms with Crippen LogP contribution in [-0.2, 0) is 0 Å². The van der Waals surface area contributed by atoms with Crippen LogP contribution in [0.3, 0.4) is 0 Å². The van der Waals surface area contributed by atoms with Crippen molar-refractivity contribution in [3.63, 3.8) is 0 Å². The van der Waals surface area contributed by atoms with Crippen molar-refractivity contribution >= 4 is 5.91 Å². The first-order valence-corrected chi connectivity index (χ1v) is 9.73. The zero-order chi connectivity index (χ0) is 19.0. The molecule has 2 aromatic rings. The molecule has 1 saturated heterocycles. The van der Waals surface area contributed by atoms with Crippen molar-refractivity contribution < 1.29 is 4.79 Å². The number of amides is 1. The Morgan fingerprint density at radius 3 is 2.59 bits per heavy atom. The van der Waals surface area contributed by atoms with Gasteiger partial charge in [-0.05, 0) is 57.7 Å². The molecule has 2 N–H and O–H groups in total. The highest BCUT2D eigenvalue weighted by Gasteiger charge is 2.36. The molecule has 6 nitrogen and oxygen atoms in total. The Bertz CT molecular complexity index is 881. The van der Waals surface area contributed by atoms with Crippen LogP contribution in [0.1, 0.15) is 66.7 Å². The topological polar surface area (TPSA) is 82.7 Å². The third-order valence-corrected chi connectivity index (χ3v) is 5.32. The summed E-state index contributed by atoms with van der Waals surface area (Å²) in [6.07, 6.45) is 3.15. The van der Waals surface area contributed by atoms with Gasteiger partial charge in [-0.2, -0.15) is 10.4 Å². The van der Waals surface area contributed by atoms with Gasteiger partial charge >= 0.3 is 0 Å². The Labute approximate surface area is 159 Å². The molecule has 6 heteroatoms. The lowest BCUT2D eigenvalue weighted by molar-refractivity contribution is 0.0926. The maximum atomic E-state index is 13.2. The second kappa shape index (κ2) is 7.16. The molecular weight excluding hydrogens is 338 g/mol. The predicted octanol–water partition coefficient (Wildman–Crippen LogP) is 2.97. The normalized spacial score (nSPS) is 19.3. The standard InChI is InChI=1S/C21H25N5O/c1-13(2)26-20(21(27)24-17-9-10-23-12-17)18(15-7-8-15)19(25-26)16-5-3-14(11-22)4-6-16/h3-6,13,15,17,23H,7-10,12H2,1-2H3,(H,24,27)/t17-/m1/s1. The summed E-state index contributed by atoms with van der Waals surface area (Å²) in [7, 11) is 0. The molecule has 0 bridgehead atoms. The molecule has 1 aromatic carbocycles. The van der Waals surface area contributed by atoms with E-state index in [4.69, 9.17) is 10.4 Å². The lowest BCUT2D eigenvalue weighted by atomic mass is 10.0. The predicted molar refractivity (Wildman–Crippen MR) is 103 cm³/mol. The molecule has 1 aromatic heterocycles. The highest BCUT2D eigenvalue weighted by molar-refractivity contribution is 5.96. The first kappa shape index (κ1) is 17.7. The van der Waals surface area contributed by atoms with Gasteiger partial charge in [0.1, 0.15) is 5.69 Å². The summed E-state index contributed by atoms with van der Waals surface area (Å²) >= 11 is 0. The van der Waals surface area contributed by atoms with Gasteiger partial charge < -0.3 is 10.6 Å². The minimum atomic E-state index is -0.0216. The fourth-order valence-corrected chi connectivity index (χ4v) is 3.75. The second-order valence-corrected chi connectivity index (χ2v) is 7.78. The van der Waals surface area contributed by atoms with Gasteiger partial charge in [0.15, 0.2) is 0 Å². The third kappa shape index (κ3) is 3.47. The quantitative estimate of drug-likeness (QED) is 0.855. The van der Waals surface area contributed by atoms with Gasteiger partial charge in [0.2, 0.25) is 0 Å². The number of carbonyl (C=O) groups excluding carboxylic acids is 1. The Hall–Kier alpha value is -2.65. The van der Waals surface area contributed by atoms with Crippen LogP contribution < -0.4 is 10.6 Å². The summed E-state index contributed by atoms with van der Waals surface area (Å²) in [6, 6.07) is 9.91. The van der Waals surface area contributed by atoms with Gasteiger partial charge in [0, 0.05) is 29.8 Å². The van der Waals surface area contributed by atoms with E-state index in [0.29, 0.717) is 17.2 Å². The maximum absolute atomic E-state index is 13.2. The lowest BCUT2D eigenvalue weighted by Crippen LogP contribution is -2.38. The van der Waals surface area contributed by atoms with Gasteiger partial charge in [-0.25, -0.2) is 0 Å². The molecule has 2 heterocycles. The van der Waals surface area contributed by atoms with Crippen molar-refractivity contribution in [2.24, 2.45) is 0 Å². The summed E-state index contributed by atoms with van der Waals surface area (Å²) in [5.74, 6) is 0.372. The molecule has 1 aliphatic heterocycles. The molecule has 0 radical (unpaired) electrons. The fourth-order valence-electron chi connectivity index (χ4n) is 3.75. The molecule has 1 amide bonds. The Morgan fingerprint density at radius 2 is 2.04 bits per heavy atom. The number of nitrogens with zero attached hydrogens (tertiary/aromatic N) is 3. The highest BCUT2D eigenvalue weighted by Crippen LogP contribution is 2.46. The fraction of sp³-hybridized carbons (Fsp3) is 0.476. The van der Waals surface area contributed by atoms with Crippen LogP contribution in [0.2, 0.25) is 0 Å². The van der Waals surface area contributed by atoms with Crippen molar-refractivity contribution in [2.45, 2.75) is 51.1 Å². The smallest absolute Gasteiger partial charge is 0.270 e. The SMILES string of the molecule is CC(C)n1nc(-c2ccc(C#N)cc2)c(C2CC2)c1C(=O)N[C@@H]1CCNC1.